The van der Waals surface area contributed by atoms with Crippen molar-refractivity contribution in [1.82, 2.24) is 10.2 Å². The molecule has 0 aliphatic heterocycles. The molecule has 0 saturated carbocycles. The second-order valence-corrected chi connectivity index (χ2v) is 4.97. The summed E-state index contributed by atoms with van der Waals surface area (Å²) in [5, 5.41) is 3.96. The van der Waals surface area contributed by atoms with Gasteiger partial charge in [-0.05, 0) is 31.8 Å². The highest BCUT2D eigenvalue weighted by molar-refractivity contribution is 6.32. The molecular formula is C14H23ClN2O2. The van der Waals surface area contributed by atoms with Crippen LogP contribution in [0.1, 0.15) is 5.56 Å². The molecule has 0 heterocycles. The fourth-order valence-electron chi connectivity index (χ4n) is 1.55. The highest BCUT2D eigenvalue weighted by Crippen LogP contribution is 2.24. The Morgan fingerprint density at radius 2 is 2.05 bits per heavy atom. The van der Waals surface area contributed by atoms with Crippen LogP contribution in [0.5, 0.6) is 5.75 Å². The van der Waals surface area contributed by atoms with Crippen molar-refractivity contribution in [2.75, 3.05) is 47.5 Å². The second kappa shape index (κ2) is 9.15. The first kappa shape index (κ1) is 16.2. The number of nitrogens with zero attached hydrogens (tertiary/aromatic N) is 1. The van der Waals surface area contributed by atoms with E-state index in [1.807, 2.05) is 32.3 Å². The van der Waals surface area contributed by atoms with Crippen LogP contribution in [-0.4, -0.2) is 52.4 Å². The molecule has 108 valence electrons. The molecule has 0 bridgehead atoms. The topological polar surface area (TPSA) is 33.7 Å². The van der Waals surface area contributed by atoms with Crippen LogP contribution in [0.15, 0.2) is 18.2 Å². The molecule has 0 radical (unpaired) electrons. The van der Waals surface area contributed by atoms with E-state index in [4.69, 9.17) is 21.1 Å². The standard InChI is InChI=1S/C14H23ClN2O2/c1-17(2)7-9-19-8-6-16-11-12-4-5-14(18-3)13(15)10-12/h4-5,10,16H,6-9,11H2,1-3H3. The summed E-state index contributed by atoms with van der Waals surface area (Å²) in [6.07, 6.45) is 0. The molecule has 0 aromatic heterocycles. The van der Waals surface area contributed by atoms with Crippen molar-refractivity contribution in [1.29, 1.82) is 0 Å². The Balaban J connectivity index is 2.14. The number of methoxy groups -OCH3 is 1. The van der Waals surface area contributed by atoms with Crippen molar-refractivity contribution in [3.63, 3.8) is 0 Å². The molecule has 4 nitrogen and oxygen atoms in total. The summed E-state index contributed by atoms with van der Waals surface area (Å²) in [5.41, 5.74) is 1.14. The molecule has 0 aliphatic carbocycles. The average Bonchev–Trinajstić information content (AvgIpc) is 2.37. The Labute approximate surface area is 120 Å². The highest BCUT2D eigenvalue weighted by Gasteiger charge is 2.01. The predicted octanol–water partition coefficient (Wildman–Crippen LogP) is 2.02. The maximum Gasteiger partial charge on any atom is 0.137 e. The smallest absolute Gasteiger partial charge is 0.137 e. The van der Waals surface area contributed by atoms with Crippen LogP contribution in [-0.2, 0) is 11.3 Å². The zero-order chi connectivity index (χ0) is 14.1. The van der Waals surface area contributed by atoms with Crippen molar-refractivity contribution in [3.8, 4) is 5.75 Å². The zero-order valence-corrected chi connectivity index (χ0v) is 12.7. The molecule has 0 aliphatic rings. The number of hydrogen-bond donors (Lipinski definition) is 1. The summed E-state index contributed by atoms with van der Waals surface area (Å²) in [7, 11) is 5.69. The van der Waals surface area contributed by atoms with Crippen molar-refractivity contribution in [2.24, 2.45) is 0 Å². The average molecular weight is 287 g/mol. The van der Waals surface area contributed by atoms with Crippen molar-refractivity contribution in [2.45, 2.75) is 6.54 Å². The van der Waals surface area contributed by atoms with Crippen molar-refractivity contribution >= 4 is 11.6 Å². The van der Waals surface area contributed by atoms with Crippen LogP contribution < -0.4 is 10.1 Å². The van der Waals surface area contributed by atoms with Gasteiger partial charge in [-0.3, -0.25) is 0 Å². The molecule has 1 rings (SSSR count). The van der Waals surface area contributed by atoms with Crippen LogP contribution in [0.3, 0.4) is 0 Å². The molecule has 0 unspecified atom stereocenters. The Kier molecular flexibility index (Phi) is 7.82. The summed E-state index contributed by atoms with van der Waals surface area (Å²) < 4.78 is 10.6. The van der Waals surface area contributed by atoms with Gasteiger partial charge in [0.15, 0.2) is 0 Å². The van der Waals surface area contributed by atoms with Crippen LogP contribution in [0, 0.1) is 0 Å². The van der Waals surface area contributed by atoms with E-state index in [0.717, 1.165) is 38.4 Å². The van der Waals surface area contributed by atoms with Gasteiger partial charge < -0.3 is 19.7 Å². The third-order valence-electron chi connectivity index (χ3n) is 2.65. The van der Waals surface area contributed by atoms with Gasteiger partial charge in [0.25, 0.3) is 0 Å². The van der Waals surface area contributed by atoms with E-state index < -0.39 is 0 Å². The summed E-state index contributed by atoms with van der Waals surface area (Å²) in [6.45, 7) is 4.05. The molecule has 0 saturated heterocycles. The molecule has 1 aromatic carbocycles. The number of benzene rings is 1. The fraction of sp³-hybridized carbons (Fsp3) is 0.571. The summed E-state index contributed by atoms with van der Waals surface area (Å²) >= 11 is 6.06. The van der Waals surface area contributed by atoms with Gasteiger partial charge in [-0.2, -0.15) is 0 Å². The lowest BCUT2D eigenvalue weighted by Gasteiger charge is -2.10. The van der Waals surface area contributed by atoms with Gasteiger partial charge in [0.1, 0.15) is 5.75 Å². The largest absolute Gasteiger partial charge is 0.495 e. The molecule has 0 amide bonds. The van der Waals surface area contributed by atoms with E-state index in [-0.39, 0.29) is 0 Å². The lowest BCUT2D eigenvalue weighted by molar-refractivity contribution is 0.119. The molecule has 19 heavy (non-hydrogen) atoms. The Morgan fingerprint density at radius 1 is 1.26 bits per heavy atom. The van der Waals surface area contributed by atoms with E-state index in [2.05, 4.69) is 10.2 Å². The number of nitrogens with one attached hydrogen (secondary N) is 1. The lowest BCUT2D eigenvalue weighted by atomic mass is 10.2. The van der Waals surface area contributed by atoms with Crippen LogP contribution in [0.25, 0.3) is 0 Å². The summed E-state index contributed by atoms with van der Waals surface area (Å²) in [4.78, 5) is 2.10. The minimum absolute atomic E-state index is 0.643. The predicted molar refractivity (Wildman–Crippen MR) is 79.1 cm³/mol. The zero-order valence-electron chi connectivity index (χ0n) is 11.9. The third kappa shape index (κ3) is 6.78. The summed E-state index contributed by atoms with van der Waals surface area (Å²) in [5.74, 6) is 0.706. The molecule has 1 aromatic rings. The summed E-state index contributed by atoms with van der Waals surface area (Å²) in [6, 6.07) is 5.80. The van der Waals surface area contributed by atoms with E-state index >= 15 is 0 Å². The lowest BCUT2D eigenvalue weighted by Crippen LogP contribution is -2.23. The first-order valence-corrected chi connectivity index (χ1v) is 6.77. The quantitative estimate of drug-likeness (QED) is 0.704. The van der Waals surface area contributed by atoms with E-state index in [1.165, 1.54) is 0 Å². The molecule has 1 N–H and O–H groups in total. The number of rotatable bonds is 9. The van der Waals surface area contributed by atoms with Crippen LogP contribution >= 0.6 is 11.6 Å². The van der Waals surface area contributed by atoms with E-state index in [9.17, 15) is 0 Å². The van der Waals surface area contributed by atoms with Gasteiger partial charge in [-0.1, -0.05) is 17.7 Å². The van der Waals surface area contributed by atoms with Gasteiger partial charge in [0.2, 0.25) is 0 Å². The molecule has 0 spiro atoms. The van der Waals surface area contributed by atoms with Gasteiger partial charge in [-0.25, -0.2) is 0 Å². The van der Waals surface area contributed by atoms with Crippen LogP contribution in [0.4, 0.5) is 0 Å². The van der Waals surface area contributed by atoms with Crippen LogP contribution in [0.2, 0.25) is 5.02 Å². The number of ether oxygens (including phenoxy) is 2. The second-order valence-electron chi connectivity index (χ2n) is 4.56. The molecule has 0 atom stereocenters. The molecule has 0 fully saturated rings. The first-order chi connectivity index (χ1) is 9.13. The van der Waals surface area contributed by atoms with Gasteiger partial charge >= 0.3 is 0 Å². The van der Waals surface area contributed by atoms with Crippen molar-refractivity contribution in [3.05, 3.63) is 28.8 Å². The highest BCUT2D eigenvalue weighted by atomic mass is 35.5. The minimum Gasteiger partial charge on any atom is -0.495 e. The maximum absolute atomic E-state index is 6.06. The van der Waals surface area contributed by atoms with Gasteiger partial charge in [-0.15, -0.1) is 0 Å². The van der Waals surface area contributed by atoms with Gasteiger partial charge in [0, 0.05) is 19.6 Å². The fourth-order valence-corrected chi connectivity index (χ4v) is 1.83. The number of hydrogen-bond acceptors (Lipinski definition) is 4. The van der Waals surface area contributed by atoms with E-state index in [1.54, 1.807) is 7.11 Å². The first-order valence-electron chi connectivity index (χ1n) is 6.39. The molecular weight excluding hydrogens is 264 g/mol. The number of likely N-dealkylation sites (N-methyl/N-ethyl adjacent to an activating group) is 1. The monoisotopic (exact) mass is 286 g/mol. The third-order valence-corrected chi connectivity index (χ3v) is 2.95. The van der Waals surface area contributed by atoms with E-state index in [0.29, 0.717) is 10.8 Å². The SMILES string of the molecule is COc1ccc(CNCCOCCN(C)C)cc1Cl. The number of halogens is 1. The Hall–Kier alpha value is -0.810. The minimum atomic E-state index is 0.643. The van der Waals surface area contributed by atoms with Gasteiger partial charge in [0.05, 0.1) is 25.3 Å². The molecule has 5 heteroatoms. The maximum atomic E-state index is 6.06. The van der Waals surface area contributed by atoms with Crippen molar-refractivity contribution < 1.29 is 9.47 Å². The Morgan fingerprint density at radius 3 is 2.68 bits per heavy atom. The Bertz CT molecular complexity index is 372. The normalized spacial score (nSPS) is 11.0.